The Hall–Kier alpha value is -14.3. The summed E-state index contributed by atoms with van der Waals surface area (Å²) in [6, 6.07) is 30.7. The van der Waals surface area contributed by atoms with Crippen LogP contribution in [0.5, 0.6) is 34.5 Å². The van der Waals surface area contributed by atoms with Crippen LogP contribution in [0.1, 0.15) is 154 Å². The van der Waals surface area contributed by atoms with Gasteiger partial charge in [-0.2, -0.15) is 9.59 Å². The van der Waals surface area contributed by atoms with Crippen LogP contribution < -0.4 is 28.4 Å². The number of carbonyl (C=O) groups is 5. The number of hydrogen-bond donors (Lipinski definition) is 0. The van der Waals surface area contributed by atoms with Gasteiger partial charge in [-0.25, -0.2) is 22.4 Å². The number of hydrogen-bond acceptors (Lipinski definition) is 23. The molecule has 4 atom stereocenters. The standard InChI is InChI=1S/C48H54F2N4O10Si.C42H38F2N4O11.CO2/c1-9-37-22-33(31-11-15-35(49)16-12-31)27-51(37)47(56)40-24-44(61-6)45(26-42(40)54(59)60)63-20-10-19-62-43-25-41(53(57)58)39(21-30(43)2)46(55)52-28-34(32-13-17-36(50)18-14-32)23-38(52)29-64-65(7,8)48(3,4)5;1-24-16-32(41(50)46-23-29(18-36(46)42(51)57-4)27-8-12-31(44)13-9-27)34(47(52)53)20-37(24)58-14-5-15-59-39-21-35(48(54)55)33(19-38(39)56-3)40(49)45-22-28(17-25(45)2)26-6-10-30(43)11-7-26;2-1-3/h11-18,21,24-28,37-38H,9-10,19-20,22-23,29H2,1-8H3;6-13,16,19-23,25,36H,5,14-15,17-18H2,1-4H3;/t37-,38+;25-,36+;/m11./s1. The number of methoxy groups -OCH3 is 3. The van der Waals surface area contributed by atoms with Gasteiger partial charge < -0.3 is 52.3 Å². The highest BCUT2D eigenvalue weighted by Crippen LogP contribution is 2.45. The number of nitro benzene ring substituents is 4. The molecule has 36 heteroatoms. The number of aryl methyl sites for hydroxylation is 2. The molecule has 0 radical (unpaired) electrons. The first-order valence-corrected chi connectivity index (χ1v) is 43.0. The van der Waals surface area contributed by atoms with Crippen LogP contribution in [0.4, 0.5) is 40.3 Å². The molecule has 0 saturated heterocycles. The Morgan fingerprint density at radius 2 is 0.740 bits per heavy atom. The Kier molecular flexibility index (Phi) is 31.0. The number of nitro groups is 4. The van der Waals surface area contributed by atoms with Crippen LogP contribution >= 0.6 is 0 Å². The number of esters is 1. The molecule has 4 heterocycles. The average molecular weight is 1770 g/mol. The Balaban J connectivity index is 0.000000258. The molecule has 4 amide bonds. The molecule has 0 aliphatic carbocycles. The van der Waals surface area contributed by atoms with E-state index in [0.29, 0.717) is 47.9 Å². The quantitative estimate of drug-likeness (QED) is 0.00972. The van der Waals surface area contributed by atoms with E-state index in [1.54, 1.807) is 75.8 Å². The first kappa shape index (κ1) is 95.0. The fraction of sp³-hybridized carbons (Fsp3) is 0.319. The second-order valence-electron chi connectivity index (χ2n) is 31.5. The Labute approximate surface area is 728 Å². The predicted octanol–water partition coefficient (Wildman–Crippen LogP) is 18.0. The van der Waals surface area contributed by atoms with Gasteiger partial charge in [-0.1, -0.05) is 76.2 Å². The van der Waals surface area contributed by atoms with Gasteiger partial charge in [0.15, 0.2) is 31.3 Å². The average Bonchev–Trinajstić information content (AvgIpc) is 1.72. The smallest absolute Gasteiger partial charge is 0.373 e. The summed E-state index contributed by atoms with van der Waals surface area (Å²) in [4.78, 5) is 137. The highest BCUT2D eigenvalue weighted by Gasteiger charge is 2.43. The van der Waals surface area contributed by atoms with Gasteiger partial charge in [0.25, 0.3) is 46.4 Å². The minimum atomic E-state index is -2.25. The fourth-order valence-corrected chi connectivity index (χ4v) is 15.4. The van der Waals surface area contributed by atoms with Crippen molar-refractivity contribution in [1.29, 1.82) is 0 Å². The van der Waals surface area contributed by atoms with E-state index in [1.165, 1.54) is 126 Å². The number of carbonyl (C=O) groups excluding carboxylic acids is 7. The number of halogens is 4. The van der Waals surface area contributed by atoms with E-state index >= 15 is 0 Å². The summed E-state index contributed by atoms with van der Waals surface area (Å²) in [5, 5.41) is 49.1. The maximum Gasteiger partial charge on any atom is 0.373 e. The molecule has 127 heavy (non-hydrogen) atoms. The third-order valence-corrected chi connectivity index (χ3v) is 26.8. The summed E-state index contributed by atoms with van der Waals surface area (Å²) in [5.74, 6) is -4.60. The lowest BCUT2D eigenvalue weighted by Crippen LogP contribution is -2.45. The zero-order valence-corrected chi connectivity index (χ0v) is 72.4. The minimum Gasteiger partial charge on any atom is -0.493 e. The molecular weight excluding hydrogens is 1680 g/mol. The first-order valence-electron chi connectivity index (χ1n) is 40.0. The zero-order chi connectivity index (χ0) is 92.6. The monoisotopic (exact) mass is 1770 g/mol. The molecule has 0 N–H and O–H groups in total. The van der Waals surface area contributed by atoms with Crippen LogP contribution in [0, 0.1) is 77.6 Å². The second kappa shape index (κ2) is 41.5. The molecule has 0 fully saturated rings. The summed E-state index contributed by atoms with van der Waals surface area (Å²) >= 11 is 0. The minimum absolute atomic E-state index is 0.00810. The van der Waals surface area contributed by atoms with E-state index in [2.05, 4.69) is 33.9 Å². The van der Waals surface area contributed by atoms with E-state index < -0.39 is 110 Å². The molecule has 4 aliphatic heterocycles. The molecule has 0 unspecified atom stereocenters. The lowest BCUT2D eigenvalue weighted by atomic mass is 10.0. The number of benzene rings is 8. The van der Waals surface area contributed by atoms with Gasteiger partial charge in [0.2, 0.25) is 0 Å². The normalized spacial score (nSPS) is 15.8. The van der Waals surface area contributed by atoms with Gasteiger partial charge >= 0.3 is 12.1 Å². The number of ether oxygens (including phenoxy) is 7. The van der Waals surface area contributed by atoms with Gasteiger partial charge in [0, 0.05) is 68.3 Å². The van der Waals surface area contributed by atoms with Crippen molar-refractivity contribution in [3.8, 4) is 34.5 Å². The third-order valence-electron chi connectivity index (χ3n) is 22.3. The van der Waals surface area contributed by atoms with E-state index in [4.69, 9.17) is 47.2 Å². The molecule has 8 aromatic carbocycles. The number of amides is 4. The van der Waals surface area contributed by atoms with Crippen LogP contribution in [-0.4, -0.2) is 162 Å². The molecule has 12 rings (SSSR count). The topological polar surface area (TPSA) is 379 Å². The van der Waals surface area contributed by atoms with Crippen LogP contribution in [0.15, 0.2) is 170 Å². The van der Waals surface area contributed by atoms with Crippen molar-refractivity contribution in [3.05, 3.63) is 290 Å². The van der Waals surface area contributed by atoms with Gasteiger partial charge in [0.05, 0.1) is 104 Å². The Morgan fingerprint density at radius 3 is 1.09 bits per heavy atom. The highest BCUT2D eigenvalue weighted by atomic mass is 28.4. The molecule has 0 spiro atoms. The van der Waals surface area contributed by atoms with Crippen molar-refractivity contribution >= 4 is 89.1 Å². The second-order valence-corrected chi connectivity index (χ2v) is 36.3. The summed E-state index contributed by atoms with van der Waals surface area (Å²) in [6.07, 6.45) is 8.93. The zero-order valence-electron chi connectivity index (χ0n) is 71.4. The summed E-state index contributed by atoms with van der Waals surface area (Å²) in [6.45, 7) is 17.6. The molecule has 0 saturated carbocycles. The van der Waals surface area contributed by atoms with Crippen molar-refractivity contribution < 1.29 is 108 Å². The Morgan fingerprint density at radius 1 is 0.441 bits per heavy atom. The van der Waals surface area contributed by atoms with E-state index in [-0.39, 0.29) is 138 Å². The van der Waals surface area contributed by atoms with Crippen LogP contribution in [0.3, 0.4) is 0 Å². The van der Waals surface area contributed by atoms with E-state index in [0.717, 1.165) is 63.6 Å². The summed E-state index contributed by atoms with van der Waals surface area (Å²) in [5.41, 5.74) is 3.58. The Bertz CT molecular complexity index is 5700. The number of nitrogens with zero attached hydrogens (tertiary/aromatic N) is 8. The molecule has 666 valence electrons. The number of rotatable bonds is 31. The van der Waals surface area contributed by atoms with Crippen molar-refractivity contribution in [2.24, 2.45) is 0 Å². The molecule has 0 aromatic heterocycles. The third kappa shape index (κ3) is 22.5. The summed E-state index contributed by atoms with van der Waals surface area (Å²) in [7, 11) is 1.58. The molecular formula is C91H92F4N8O23Si. The highest BCUT2D eigenvalue weighted by molar-refractivity contribution is 6.74. The molecule has 4 aliphatic rings. The van der Waals surface area contributed by atoms with Crippen LogP contribution in [0.25, 0.3) is 22.3 Å². The van der Waals surface area contributed by atoms with Crippen molar-refractivity contribution in [1.82, 2.24) is 19.6 Å². The first-order chi connectivity index (χ1) is 60.3. The molecule has 0 bridgehead atoms. The van der Waals surface area contributed by atoms with Gasteiger partial charge in [0.1, 0.15) is 63.1 Å². The lowest BCUT2D eigenvalue weighted by molar-refractivity contribution is -0.385. The maximum absolute atomic E-state index is 14.3. The van der Waals surface area contributed by atoms with Gasteiger partial charge in [-0.15, -0.1) is 0 Å². The van der Waals surface area contributed by atoms with E-state index in [1.807, 2.05) is 6.92 Å². The van der Waals surface area contributed by atoms with E-state index in [9.17, 15) is 82.0 Å². The van der Waals surface area contributed by atoms with Crippen LogP contribution in [0.2, 0.25) is 18.1 Å². The van der Waals surface area contributed by atoms with Gasteiger partial charge in [-0.3, -0.25) is 64.5 Å². The van der Waals surface area contributed by atoms with Crippen molar-refractivity contribution in [2.45, 2.75) is 136 Å². The maximum atomic E-state index is 14.3. The predicted molar refractivity (Wildman–Crippen MR) is 458 cm³/mol. The SMILES string of the molecule is CC[C@@H]1CC(c2ccc(F)cc2)=CN1C(=O)c1cc(OC)c(OCCCOc2cc([N+](=O)[O-])c(C(=O)N3C=C(c4ccc(F)cc4)C[C@H]3CO[Si](C)(C)C(C)(C)C)cc2C)cc1[N+](=O)[O-].COC(=O)[C@@H]1CC(c2ccc(F)cc2)=CN1C(=O)c1cc(C)c(OCCCOc2cc([N+](=O)[O-])c(C(=O)N3C=C(c4ccc(F)cc4)C[C@H]3C)cc2OC)cc1[N+](=O)[O-].O=C=O. The molecule has 31 nitrogen and oxygen atoms in total. The van der Waals surface area contributed by atoms with Crippen molar-refractivity contribution in [3.63, 3.8) is 0 Å². The van der Waals surface area contributed by atoms with Gasteiger partial charge in [-0.05, 0) is 181 Å². The van der Waals surface area contributed by atoms with Crippen LogP contribution in [-0.2, 0) is 23.5 Å². The largest absolute Gasteiger partial charge is 0.493 e. The molecule has 8 aromatic rings. The van der Waals surface area contributed by atoms with Crippen molar-refractivity contribution in [2.75, 3.05) is 54.4 Å². The fourth-order valence-electron chi connectivity index (χ4n) is 14.4. The summed E-state index contributed by atoms with van der Waals surface area (Å²) < 4.78 is 100. The lowest BCUT2D eigenvalue weighted by Gasteiger charge is -2.38.